The number of carbonyl (C=O) groups is 1. The Balaban J connectivity index is 3.63. The fourth-order valence-electron chi connectivity index (χ4n) is 1.12. The minimum atomic E-state index is -0.815. The van der Waals surface area contributed by atoms with E-state index in [4.69, 9.17) is 11.5 Å². The first-order valence-electron chi connectivity index (χ1n) is 4.57. The number of unbranched alkanes of at least 4 members (excludes halogenated alkanes) is 1. The van der Waals surface area contributed by atoms with Crippen LogP contribution in [0.15, 0.2) is 0 Å². The highest BCUT2D eigenvalue weighted by molar-refractivity contribution is 7.98. The molecule has 0 aliphatic heterocycles. The second kappa shape index (κ2) is 8.92. The van der Waals surface area contributed by atoms with Crippen LogP contribution >= 0.6 is 11.8 Å². The Morgan fingerprint density at radius 2 is 2.29 bits per heavy atom. The van der Waals surface area contributed by atoms with E-state index < -0.39 is 5.97 Å². The van der Waals surface area contributed by atoms with Gasteiger partial charge in [-0.1, -0.05) is 5.92 Å². The molecule has 4 heteroatoms. The SMILES string of the molecule is C#CCN(CCCCSC)CC(=O)O. The summed E-state index contributed by atoms with van der Waals surface area (Å²) in [5.41, 5.74) is 0. The molecule has 0 heterocycles. The number of hydrogen-bond acceptors (Lipinski definition) is 3. The Labute approximate surface area is 89.9 Å². The zero-order chi connectivity index (χ0) is 10.8. The van der Waals surface area contributed by atoms with Gasteiger partial charge in [0.1, 0.15) is 0 Å². The molecule has 0 fully saturated rings. The summed E-state index contributed by atoms with van der Waals surface area (Å²) in [5, 5.41) is 8.60. The molecule has 0 amide bonds. The van der Waals surface area contributed by atoms with E-state index in [1.54, 1.807) is 16.7 Å². The molecule has 14 heavy (non-hydrogen) atoms. The van der Waals surface area contributed by atoms with E-state index in [1.807, 2.05) is 0 Å². The number of terminal acetylenes is 1. The summed E-state index contributed by atoms with van der Waals surface area (Å²) < 4.78 is 0. The molecule has 0 saturated carbocycles. The van der Waals surface area contributed by atoms with Gasteiger partial charge in [-0.15, -0.1) is 6.42 Å². The van der Waals surface area contributed by atoms with Crippen LogP contribution in [0.5, 0.6) is 0 Å². The number of rotatable bonds is 8. The van der Waals surface area contributed by atoms with Crippen LogP contribution in [0.25, 0.3) is 0 Å². The minimum absolute atomic E-state index is 0.0451. The molecule has 3 nitrogen and oxygen atoms in total. The third-order valence-electron chi connectivity index (χ3n) is 1.75. The molecule has 0 aromatic carbocycles. The highest BCUT2D eigenvalue weighted by Gasteiger charge is 2.07. The topological polar surface area (TPSA) is 40.5 Å². The van der Waals surface area contributed by atoms with Crippen LogP contribution in [0.3, 0.4) is 0 Å². The van der Waals surface area contributed by atoms with Gasteiger partial charge in [-0.2, -0.15) is 11.8 Å². The summed E-state index contributed by atoms with van der Waals surface area (Å²) in [4.78, 5) is 12.2. The van der Waals surface area contributed by atoms with Crippen LogP contribution in [0, 0.1) is 12.3 Å². The lowest BCUT2D eigenvalue weighted by atomic mass is 10.3. The van der Waals surface area contributed by atoms with E-state index in [1.165, 1.54) is 0 Å². The summed E-state index contributed by atoms with van der Waals surface area (Å²) in [7, 11) is 0. The summed E-state index contributed by atoms with van der Waals surface area (Å²) in [6.07, 6.45) is 9.34. The minimum Gasteiger partial charge on any atom is -0.480 e. The number of thioether (sulfide) groups is 1. The first-order valence-corrected chi connectivity index (χ1v) is 5.96. The Kier molecular flexibility index (Phi) is 8.50. The van der Waals surface area contributed by atoms with E-state index in [-0.39, 0.29) is 6.54 Å². The van der Waals surface area contributed by atoms with Crippen molar-refractivity contribution in [2.24, 2.45) is 0 Å². The standard InChI is InChI=1S/C10H17NO2S/c1-3-6-11(9-10(12)13)7-4-5-8-14-2/h1H,4-9H2,2H3,(H,12,13). The van der Waals surface area contributed by atoms with Crippen LogP contribution in [0.4, 0.5) is 0 Å². The summed E-state index contributed by atoms with van der Waals surface area (Å²) >= 11 is 1.81. The van der Waals surface area contributed by atoms with E-state index in [9.17, 15) is 4.79 Å². The van der Waals surface area contributed by atoms with Crippen molar-refractivity contribution in [3.63, 3.8) is 0 Å². The maximum absolute atomic E-state index is 10.5. The van der Waals surface area contributed by atoms with Gasteiger partial charge in [0.25, 0.3) is 0 Å². The van der Waals surface area contributed by atoms with E-state index in [2.05, 4.69) is 12.2 Å². The maximum Gasteiger partial charge on any atom is 0.317 e. The molecular formula is C10H17NO2S. The summed E-state index contributed by atoms with van der Waals surface area (Å²) in [5.74, 6) is 2.78. The predicted molar refractivity (Wildman–Crippen MR) is 60.5 cm³/mol. The molecule has 0 rings (SSSR count). The quantitative estimate of drug-likeness (QED) is 0.487. The molecule has 0 aliphatic carbocycles. The average Bonchev–Trinajstić information content (AvgIpc) is 2.12. The fourth-order valence-corrected chi connectivity index (χ4v) is 1.61. The van der Waals surface area contributed by atoms with Gasteiger partial charge < -0.3 is 5.11 Å². The Morgan fingerprint density at radius 3 is 2.79 bits per heavy atom. The number of hydrogen-bond donors (Lipinski definition) is 1. The Bertz CT molecular complexity index is 201. The molecule has 0 aromatic heterocycles. The van der Waals surface area contributed by atoms with Crippen LogP contribution < -0.4 is 0 Å². The zero-order valence-corrected chi connectivity index (χ0v) is 9.35. The second-order valence-corrected chi connectivity index (χ2v) is 3.99. The summed E-state index contributed by atoms with van der Waals surface area (Å²) in [6, 6.07) is 0. The van der Waals surface area contributed by atoms with Gasteiger partial charge in [-0.3, -0.25) is 9.69 Å². The average molecular weight is 215 g/mol. The van der Waals surface area contributed by atoms with Gasteiger partial charge in [0.15, 0.2) is 0 Å². The normalized spacial score (nSPS) is 10.1. The molecule has 0 spiro atoms. The van der Waals surface area contributed by atoms with Crippen LogP contribution in [0.2, 0.25) is 0 Å². The van der Waals surface area contributed by atoms with Crippen molar-refractivity contribution in [1.29, 1.82) is 0 Å². The zero-order valence-electron chi connectivity index (χ0n) is 8.53. The van der Waals surface area contributed by atoms with Crippen molar-refractivity contribution in [3.8, 4) is 12.3 Å². The molecule has 0 unspecified atom stereocenters. The van der Waals surface area contributed by atoms with Crippen molar-refractivity contribution in [3.05, 3.63) is 0 Å². The predicted octanol–water partition coefficient (Wildman–Crippen LogP) is 1.15. The van der Waals surface area contributed by atoms with E-state index in [0.29, 0.717) is 6.54 Å². The lowest BCUT2D eigenvalue weighted by Crippen LogP contribution is -2.31. The fraction of sp³-hybridized carbons (Fsp3) is 0.700. The number of aliphatic carboxylic acids is 1. The Morgan fingerprint density at radius 1 is 1.57 bits per heavy atom. The van der Waals surface area contributed by atoms with Gasteiger partial charge in [0.05, 0.1) is 13.1 Å². The number of carboxylic acids is 1. The van der Waals surface area contributed by atoms with Crippen molar-refractivity contribution >= 4 is 17.7 Å². The molecule has 0 bridgehead atoms. The van der Waals surface area contributed by atoms with Crippen molar-refractivity contribution in [1.82, 2.24) is 4.90 Å². The van der Waals surface area contributed by atoms with Gasteiger partial charge in [-0.25, -0.2) is 0 Å². The third kappa shape index (κ3) is 7.96. The lowest BCUT2D eigenvalue weighted by molar-refractivity contribution is -0.138. The van der Waals surface area contributed by atoms with Crippen molar-refractivity contribution in [2.45, 2.75) is 12.8 Å². The van der Waals surface area contributed by atoms with Gasteiger partial charge >= 0.3 is 5.97 Å². The van der Waals surface area contributed by atoms with Gasteiger partial charge in [0.2, 0.25) is 0 Å². The van der Waals surface area contributed by atoms with Crippen LogP contribution in [-0.4, -0.2) is 47.6 Å². The Hall–Kier alpha value is -0.660. The molecule has 0 radical (unpaired) electrons. The first-order chi connectivity index (χ1) is 6.70. The van der Waals surface area contributed by atoms with Crippen LogP contribution in [0.1, 0.15) is 12.8 Å². The molecule has 1 N–H and O–H groups in total. The molecular weight excluding hydrogens is 198 g/mol. The van der Waals surface area contributed by atoms with Crippen molar-refractivity contribution in [2.75, 3.05) is 31.6 Å². The first kappa shape index (κ1) is 13.3. The monoisotopic (exact) mass is 215 g/mol. The van der Waals surface area contributed by atoms with E-state index >= 15 is 0 Å². The third-order valence-corrected chi connectivity index (χ3v) is 2.44. The summed E-state index contributed by atoms with van der Waals surface area (Å²) in [6.45, 7) is 1.24. The van der Waals surface area contributed by atoms with Crippen LogP contribution in [-0.2, 0) is 4.79 Å². The highest BCUT2D eigenvalue weighted by atomic mass is 32.2. The smallest absolute Gasteiger partial charge is 0.317 e. The lowest BCUT2D eigenvalue weighted by Gasteiger charge is -2.16. The van der Waals surface area contributed by atoms with Crippen molar-refractivity contribution < 1.29 is 9.90 Å². The van der Waals surface area contributed by atoms with Gasteiger partial charge in [0, 0.05) is 0 Å². The molecule has 0 aliphatic rings. The number of carboxylic acid groups (broad SMARTS) is 1. The molecule has 0 aromatic rings. The molecule has 80 valence electrons. The second-order valence-electron chi connectivity index (χ2n) is 3.01. The maximum atomic E-state index is 10.5. The molecule has 0 atom stereocenters. The highest BCUT2D eigenvalue weighted by Crippen LogP contribution is 2.01. The molecule has 0 saturated heterocycles. The van der Waals surface area contributed by atoms with E-state index in [0.717, 1.165) is 25.1 Å². The largest absolute Gasteiger partial charge is 0.480 e. The van der Waals surface area contributed by atoms with Gasteiger partial charge in [-0.05, 0) is 31.4 Å². The number of nitrogens with zero attached hydrogens (tertiary/aromatic N) is 1.